The minimum Gasteiger partial charge on any atom is -0.382 e. The van der Waals surface area contributed by atoms with Crippen molar-refractivity contribution < 1.29 is 29.7 Å². The Hall–Kier alpha value is -1.89. The van der Waals surface area contributed by atoms with E-state index in [0.29, 0.717) is 19.3 Å². The lowest BCUT2D eigenvalue weighted by molar-refractivity contribution is -0.181. The van der Waals surface area contributed by atoms with Crippen LogP contribution in [0.1, 0.15) is 265 Å². The van der Waals surface area contributed by atoms with Crippen molar-refractivity contribution in [2.75, 3.05) is 0 Å². The Bertz CT molecular complexity index is 1060. The molecule has 0 saturated heterocycles. The largest absolute Gasteiger partial charge is 0.382 e. The zero-order valence-corrected chi connectivity index (χ0v) is 39.1. The number of carbonyl (C=O) groups excluding carboxylic acids is 3. The Morgan fingerprint density at radius 3 is 1.03 bits per heavy atom. The van der Waals surface area contributed by atoms with Gasteiger partial charge >= 0.3 is 0 Å². The molecule has 0 aliphatic rings. The van der Waals surface area contributed by atoms with Crippen LogP contribution in [-0.4, -0.2) is 50.5 Å². The maximum atomic E-state index is 13.6. The topological polar surface area (TPSA) is 112 Å². The van der Waals surface area contributed by atoms with Crippen LogP contribution >= 0.6 is 0 Å². The van der Waals surface area contributed by atoms with Crippen molar-refractivity contribution in [1.29, 1.82) is 0 Å². The lowest BCUT2D eigenvalue weighted by Crippen LogP contribution is -2.63. The normalized spacial score (nSPS) is 14.1. The molecular formula is C53H96O6. The first kappa shape index (κ1) is 57.1. The van der Waals surface area contributed by atoms with Crippen molar-refractivity contribution in [2.24, 2.45) is 0 Å². The Kier molecular flexibility index (Phi) is 41.4. The van der Waals surface area contributed by atoms with E-state index in [-0.39, 0.29) is 19.3 Å². The third-order valence-corrected chi connectivity index (χ3v) is 12.0. The number of hydrogen-bond acceptors (Lipinski definition) is 6. The average molecular weight is 829 g/mol. The van der Waals surface area contributed by atoms with Gasteiger partial charge in [-0.05, 0) is 51.4 Å². The monoisotopic (exact) mass is 829 g/mol. The van der Waals surface area contributed by atoms with E-state index in [1.165, 1.54) is 116 Å². The van der Waals surface area contributed by atoms with Gasteiger partial charge in [0, 0.05) is 19.3 Å². The van der Waals surface area contributed by atoms with Crippen molar-refractivity contribution in [1.82, 2.24) is 0 Å². The Morgan fingerprint density at radius 2 is 0.678 bits per heavy atom. The molecule has 3 N–H and O–H groups in total. The molecule has 0 aromatic heterocycles. The summed E-state index contributed by atoms with van der Waals surface area (Å²) in [6.07, 6.45) is 47.2. The van der Waals surface area contributed by atoms with E-state index < -0.39 is 35.2 Å². The minimum absolute atomic E-state index is 0.00501. The van der Waals surface area contributed by atoms with Crippen molar-refractivity contribution in [3.63, 3.8) is 0 Å². The number of allylic oxidation sites excluding steroid dienone is 6. The molecule has 0 saturated carbocycles. The number of Topliss-reactive ketones (excluding diaryl/α,β-unsaturated/α-hetero) is 3. The second-order valence-corrected chi connectivity index (χ2v) is 17.6. The molecule has 0 amide bonds. The van der Waals surface area contributed by atoms with Crippen LogP contribution in [0.25, 0.3) is 0 Å². The van der Waals surface area contributed by atoms with Crippen molar-refractivity contribution in [3.8, 4) is 0 Å². The quantitative estimate of drug-likeness (QED) is 0.0416. The van der Waals surface area contributed by atoms with E-state index in [2.05, 4.69) is 57.2 Å². The van der Waals surface area contributed by atoms with Gasteiger partial charge in [-0.2, -0.15) is 0 Å². The first-order chi connectivity index (χ1) is 28.8. The molecule has 0 rings (SSSR count). The number of aliphatic hydroxyl groups excluding tert-OH is 2. The van der Waals surface area contributed by atoms with Crippen molar-refractivity contribution in [2.45, 2.75) is 283 Å². The second-order valence-electron chi connectivity index (χ2n) is 17.6. The van der Waals surface area contributed by atoms with Crippen molar-refractivity contribution in [3.05, 3.63) is 36.5 Å². The highest BCUT2D eigenvalue weighted by atomic mass is 16.4. The molecule has 3 unspecified atom stereocenters. The van der Waals surface area contributed by atoms with Crippen LogP contribution in [0, 0.1) is 0 Å². The molecule has 0 aromatic carbocycles. The van der Waals surface area contributed by atoms with Crippen LogP contribution in [0.3, 0.4) is 0 Å². The molecular weight excluding hydrogens is 733 g/mol. The predicted molar refractivity (Wildman–Crippen MR) is 252 cm³/mol. The summed E-state index contributed by atoms with van der Waals surface area (Å²) in [5.74, 6) is -2.15. The SMILES string of the molecule is CC/C=C\C/C=C\C/C=C\CCCCCCCC(=O)C(O)C(O)(C(=O)CCCCCCCCCCCCCCC)C(O)C(=O)CCCCCCCCCCCCCCC. The van der Waals surface area contributed by atoms with Gasteiger partial charge in [-0.3, -0.25) is 14.4 Å². The van der Waals surface area contributed by atoms with Crippen LogP contribution in [0.2, 0.25) is 0 Å². The van der Waals surface area contributed by atoms with Gasteiger partial charge in [0.25, 0.3) is 0 Å². The van der Waals surface area contributed by atoms with Gasteiger partial charge in [-0.1, -0.05) is 231 Å². The summed E-state index contributed by atoms with van der Waals surface area (Å²) < 4.78 is 0. The van der Waals surface area contributed by atoms with E-state index in [4.69, 9.17) is 0 Å². The third kappa shape index (κ3) is 32.5. The molecule has 6 heteroatoms. The van der Waals surface area contributed by atoms with Gasteiger partial charge in [0.05, 0.1) is 0 Å². The van der Waals surface area contributed by atoms with Gasteiger partial charge in [0.2, 0.25) is 0 Å². The maximum Gasteiger partial charge on any atom is 0.189 e. The summed E-state index contributed by atoms with van der Waals surface area (Å²) in [6, 6.07) is 0. The predicted octanol–water partition coefficient (Wildman–Crippen LogP) is 14.7. The number of unbranched alkanes of at least 4 members (excludes halogenated alkanes) is 29. The van der Waals surface area contributed by atoms with E-state index in [0.717, 1.165) is 89.9 Å². The molecule has 0 aliphatic heterocycles. The minimum atomic E-state index is -2.81. The summed E-state index contributed by atoms with van der Waals surface area (Å²) >= 11 is 0. The molecule has 0 fully saturated rings. The molecule has 6 nitrogen and oxygen atoms in total. The van der Waals surface area contributed by atoms with Gasteiger partial charge < -0.3 is 15.3 Å². The number of rotatable bonds is 46. The van der Waals surface area contributed by atoms with Crippen LogP contribution in [0.15, 0.2) is 36.5 Å². The molecule has 0 aliphatic carbocycles. The summed E-state index contributed by atoms with van der Waals surface area (Å²) in [5, 5.41) is 34.0. The highest BCUT2D eigenvalue weighted by Crippen LogP contribution is 2.26. The fraction of sp³-hybridized carbons (Fsp3) is 0.830. The Morgan fingerprint density at radius 1 is 0.390 bits per heavy atom. The lowest BCUT2D eigenvalue weighted by atomic mass is 9.78. The summed E-state index contributed by atoms with van der Waals surface area (Å²) in [5.41, 5.74) is -2.81. The fourth-order valence-corrected chi connectivity index (χ4v) is 7.96. The highest BCUT2D eigenvalue weighted by molar-refractivity contribution is 6.01. The van der Waals surface area contributed by atoms with Crippen LogP contribution in [0.4, 0.5) is 0 Å². The van der Waals surface area contributed by atoms with E-state index in [1.54, 1.807) is 0 Å². The zero-order chi connectivity index (χ0) is 43.5. The summed E-state index contributed by atoms with van der Waals surface area (Å²) in [4.78, 5) is 40.0. The van der Waals surface area contributed by atoms with E-state index in [1.807, 2.05) is 0 Å². The van der Waals surface area contributed by atoms with Crippen LogP contribution in [0.5, 0.6) is 0 Å². The molecule has 0 heterocycles. The summed E-state index contributed by atoms with van der Waals surface area (Å²) in [7, 11) is 0. The van der Waals surface area contributed by atoms with Gasteiger partial charge in [-0.25, -0.2) is 0 Å². The molecule has 59 heavy (non-hydrogen) atoms. The van der Waals surface area contributed by atoms with E-state index in [9.17, 15) is 29.7 Å². The van der Waals surface area contributed by atoms with Gasteiger partial charge in [0.15, 0.2) is 35.2 Å². The van der Waals surface area contributed by atoms with Crippen LogP contribution < -0.4 is 0 Å². The third-order valence-electron chi connectivity index (χ3n) is 12.0. The Balaban J connectivity index is 4.83. The number of hydrogen-bond donors (Lipinski definition) is 3. The highest BCUT2D eigenvalue weighted by Gasteiger charge is 2.53. The molecule has 344 valence electrons. The Labute approximate surface area is 365 Å². The smallest absolute Gasteiger partial charge is 0.189 e. The molecule has 3 atom stereocenters. The van der Waals surface area contributed by atoms with Gasteiger partial charge in [0.1, 0.15) is 0 Å². The fourth-order valence-electron chi connectivity index (χ4n) is 7.96. The molecule has 0 bridgehead atoms. The second kappa shape index (κ2) is 42.8. The standard InChI is InChI=1S/C53H96O6/c1-4-7-10-13-16-19-22-25-26-29-31-34-37-40-43-46-49(55)52(58)53(59,50(56)47-44-41-38-35-32-28-24-21-18-15-12-9-6-3)51(57)48(54)45-42-39-36-33-30-27-23-20-17-14-11-8-5-2/h7,10,16,19,25-26,51-52,57-59H,4-6,8-9,11-15,17-18,20-24,27-47H2,1-3H3/b10-7-,19-16-,26-25-. The molecule has 0 radical (unpaired) electrons. The maximum absolute atomic E-state index is 13.6. The van der Waals surface area contributed by atoms with Crippen molar-refractivity contribution >= 4 is 17.3 Å². The lowest BCUT2D eigenvalue weighted by Gasteiger charge is -2.34. The average Bonchev–Trinajstić information content (AvgIpc) is 3.24. The number of ketones is 3. The first-order valence-electron chi connectivity index (χ1n) is 25.4. The van der Waals surface area contributed by atoms with Crippen LogP contribution in [-0.2, 0) is 14.4 Å². The summed E-state index contributed by atoms with van der Waals surface area (Å²) in [6.45, 7) is 6.62. The van der Waals surface area contributed by atoms with Gasteiger partial charge in [-0.15, -0.1) is 0 Å². The molecule has 0 spiro atoms. The zero-order valence-electron chi connectivity index (χ0n) is 39.1. The van der Waals surface area contributed by atoms with E-state index >= 15 is 0 Å². The number of carbonyl (C=O) groups is 3. The molecule has 0 aromatic rings. The number of aliphatic hydroxyl groups is 3. The first-order valence-corrected chi connectivity index (χ1v) is 25.4.